The molecule has 1 aliphatic rings. The van der Waals surface area contributed by atoms with Crippen LogP contribution in [0.1, 0.15) is 28.4 Å². The van der Waals surface area contributed by atoms with Crippen LogP contribution in [-0.2, 0) is 0 Å². The zero-order valence-electron chi connectivity index (χ0n) is 13.1. The maximum Gasteiger partial charge on any atom is 0.256 e. The third-order valence-electron chi connectivity index (χ3n) is 4.56. The number of hydrogen-bond donors (Lipinski definition) is 2. The van der Waals surface area contributed by atoms with Gasteiger partial charge in [-0.05, 0) is 30.7 Å². The van der Waals surface area contributed by atoms with Crippen molar-refractivity contribution in [2.45, 2.75) is 18.6 Å². The van der Waals surface area contributed by atoms with Gasteiger partial charge in [-0.1, -0.05) is 12.1 Å². The molecule has 7 heteroatoms. The summed E-state index contributed by atoms with van der Waals surface area (Å²) < 4.78 is 27.8. The molecule has 0 radical (unpaired) electrons. The number of H-pyrrole nitrogens is 1. The SMILES string of the molecule is O=C(c1cccc2cn[nH]c12)N1C[C@H](O)C[C@H]1c1cc(F)ccc1F. The summed E-state index contributed by atoms with van der Waals surface area (Å²) in [5.74, 6) is -1.54. The Morgan fingerprint density at radius 2 is 2.12 bits per heavy atom. The van der Waals surface area contributed by atoms with Crippen LogP contribution in [0.4, 0.5) is 8.78 Å². The number of halogens is 2. The highest BCUT2D eigenvalue weighted by Gasteiger charge is 2.37. The highest BCUT2D eigenvalue weighted by Crippen LogP contribution is 2.35. The molecule has 0 aliphatic carbocycles. The molecule has 2 N–H and O–H groups in total. The van der Waals surface area contributed by atoms with Crippen LogP contribution in [0.2, 0.25) is 0 Å². The largest absolute Gasteiger partial charge is 0.391 e. The van der Waals surface area contributed by atoms with Gasteiger partial charge >= 0.3 is 0 Å². The van der Waals surface area contributed by atoms with Gasteiger partial charge in [-0.15, -0.1) is 0 Å². The number of amides is 1. The highest BCUT2D eigenvalue weighted by molar-refractivity contribution is 6.05. The predicted molar refractivity (Wildman–Crippen MR) is 86.9 cm³/mol. The summed E-state index contributed by atoms with van der Waals surface area (Å²) >= 11 is 0. The van der Waals surface area contributed by atoms with Crippen LogP contribution in [0.15, 0.2) is 42.6 Å². The summed E-state index contributed by atoms with van der Waals surface area (Å²) in [4.78, 5) is 14.4. The number of fused-ring (bicyclic) bond motifs is 1. The second-order valence-corrected chi connectivity index (χ2v) is 6.17. The van der Waals surface area contributed by atoms with E-state index in [2.05, 4.69) is 10.2 Å². The van der Waals surface area contributed by atoms with E-state index in [-0.39, 0.29) is 24.4 Å². The smallest absolute Gasteiger partial charge is 0.256 e. The maximum absolute atomic E-state index is 14.2. The summed E-state index contributed by atoms with van der Waals surface area (Å²) in [5.41, 5.74) is 1.03. The summed E-state index contributed by atoms with van der Waals surface area (Å²) in [6, 6.07) is 7.61. The molecule has 3 aromatic rings. The Kier molecular flexibility index (Phi) is 3.73. The molecule has 2 aromatic carbocycles. The van der Waals surface area contributed by atoms with Gasteiger partial charge in [0, 0.05) is 17.5 Å². The van der Waals surface area contributed by atoms with E-state index in [1.54, 1.807) is 18.3 Å². The lowest BCUT2D eigenvalue weighted by Crippen LogP contribution is -2.32. The van der Waals surface area contributed by atoms with Crippen molar-refractivity contribution < 1.29 is 18.7 Å². The van der Waals surface area contributed by atoms with Crippen LogP contribution in [0.3, 0.4) is 0 Å². The van der Waals surface area contributed by atoms with Crippen molar-refractivity contribution in [1.82, 2.24) is 15.1 Å². The molecule has 1 aromatic heterocycles. The van der Waals surface area contributed by atoms with Crippen LogP contribution in [0.5, 0.6) is 0 Å². The van der Waals surface area contributed by atoms with Crippen molar-refractivity contribution in [3.8, 4) is 0 Å². The quantitative estimate of drug-likeness (QED) is 0.752. The first-order valence-corrected chi connectivity index (χ1v) is 7.90. The summed E-state index contributed by atoms with van der Waals surface area (Å²) in [7, 11) is 0. The van der Waals surface area contributed by atoms with Crippen molar-refractivity contribution in [2.75, 3.05) is 6.54 Å². The second-order valence-electron chi connectivity index (χ2n) is 6.17. The van der Waals surface area contributed by atoms with Gasteiger partial charge in [0.05, 0.1) is 29.4 Å². The first-order valence-electron chi connectivity index (χ1n) is 7.90. The molecule has 5 nitrogen and oxygen atoms in total. The molecular formula is C18H15F2N3O2. The van der Waals surface area contributed by atoms with Gasteiger partial charge < -0.3 is 10.0 Å². The van der Waals surface area contributed by atoms with E-state index >= 15 is 0 Å². The fourth-order valence-electron chi connectivity index (χ4n) is 3.40. The average Bonchev–Trinajstić information content (AvgIpc) is 3.22. The lowest BCUT2D eigenvalue weighted by atomic mass is 10.0. The van der Waals surface area contributed by atoms with Gasteiger partial charge in [0.15, 0.2) is 0 Å². The molecule has 1 amide bonds. The lowest BCUT2D eigenvalue weighted by Gasteiger charge is -2.25. The Morgan fingerprint density at radius 1 is 1.28 bits per heavy atom. The molecule has 1 fully saturated rings. The number of carbonyl (C=O) groups is 1. The molecule has 0 bridgehead atoms. The number of aliphatic hydroxyl groups is 1. The Balaban J connectivity index is 1.76. The monoisotopic (exact) mass is 343 g/mol. The minimum Gasteiger partial charge on any atom is -0.391 e. The second kappa shape index (κ2) is 5.93. The topological polar surface area (TPSA) is 69.2 Å². The van der Waals surface area contributed by atoms with Crippen molar-refractivity contribution in [3.05, 3.63) is 65.4 Å². The number of aromatic nitrogens is 2. The zero-order valence-corrected chi connectivity index (χ0v) is 13.1. The zero-order chi connectivity index (χ0) is 17.6. The standard InChI is InChI=1S/C18H15F2N3O2/c19-11-4-5-15(20)14(6-11)16-7-12(24)9-23(16)18(25)13-3-1-2-10-8-21-22-17(10)13/h1-6,8,12,16,24H,7,9H2,(H,21,22)/t12-,16+/m1/s1. The molecule has 2 atom stereocenters. The fraction of sp³-hybridized carbons (Fsp3) is 0.222. The van der Waals surface area contributed by atoms with Crippen LogP contribution in [-0.4, -0.2) is 38.8 Å². The normalized spacial score (nSPS) is 20.4. The number of aromatic amines is 1. The van der Waals surface area contributed by atoms with E-state index in [1.165, 1.54) is 4.90 Å². The van der Waals surface area contributed by atoms with E-state index in [4.69, 9.17) is 0 Å². The fourth-order valence-corrected chi connectivity index (χ4v) is 3.40. The number of benzene rings is 2. The Bertz CT molecular complexity index is 956. The molecular weight excluding hydrogens is 328 g/mol. The minimum atomic E-state index is -0.794. The van der Waals surface area contributed by atoms with E-state index in [1.807, 2.05) is 6.07 Å². The van der Waals surface area contributed by atoms with Gasteiger partial charge in [-0.2, -0.15) is 5.10 Å². The number of rotatable bonds is 2. The van der Waals surface area contributed by atoms with Crippen LogP contribution in [0.25, 0.3) is 10.9 Å². The van der Waals surface area contributed by atoms with E-state index in [9.17, 15) is 18.7 Å². The molecule has 1 saturated heterocycles. The van der Waals surface area contributed by atoms with Crippen LogP contribution in [0, 0.1) is 11.6 Å². The number of likely N-dealkylation sites (tertiary alicyclic amines) is 1. The molecule has 0 unspecified atom stereocenters. The third-order valence-corrected chi connectivity index (χ3v) is 4.56. The van der Waals surface area contributed by atoms with E-state index in [0.29, 0.717) is 11.1 Å². The van der Waals surface area contributed by atoms with Crippen molar-refractivity contribution >= 4 is 16.8 Å². The number of β-amino-alcohol motifs (C(OH)–C–C–N with tert-alkyl or cyclic N) is 1. The summed E-state index contributed by atoms with van der Waals surface area (Å²) in [5, 5.41) is 17.5. The Morgan fingerprint density at radius 3 is 2.96 bits per heavy atom. The molecule has 4 rings (SSSR count). The number of hydrogen-bond acceptors (Lipinski definition) is 3. The van der Waals surface area contributed by atoms with Crippen molar-refractivity contribution in [1.29, 1.82) is 0 Å². The van der Waals surface area contributed by atoms with Gasteiger partial charge in [-0.3, -0.25) is 9.89 Å². The first-order chi connectivity index (χ1) is 12.0. The molecule has 1 aliphatic heterocycles. The molecule has 0 spiro atoms. The van der Waals surface area contributed by atoms with Crippen molar-refractivity contribution in [2.24, 2.45) is 0 Å². The predicted octanol–water partition coefficient (Wildman–Crippen LogP) is 2.79. The van der Waals surface area contributed by atoms with Gasteiger partial charge in [-0.25, -0.2) is 8.78 Å². The summed E-state index contributed by atoms with van der Waals surface area (Å²) in [6.45, 7) is 0.0595. The van der Waals surface area contributed by atoms with Gasteiger partial charge in [0.25, 0.3) is 5.91 Å². The molecule has 128 valence electrons. The van der Waals surface area contributed by atoms with Gasteiger partial charge in [0.2, 0.25) is 0 Å². The molecule has 2 heterocycles. The third kappa shape index (κ3) is 2.66. The maximum atomic E-state index is 14.2. The molecule has 25 heavy (non-hydrogen) atoms. The Labute approximate surface area is 141 Å². The minimum absolute atomic E-state index is 0.0595. The van der Waals surface area contributed by atoms with Crippen molar-refractivity contribution in [3.63, 3.8) is 0 Å². The number of nitrogens with one attached hydrogen (secondary N) is 1. The van der Waals surface area contributed by atoms with E-state index in [0.717, 1.165) is 23.6 Å². The number of aliphatic hydroxyl groups excluding tert-OH is 1. The number of nitrogens with zero attached hydrogens (tertiary/aromatic N) is 2. The molecule has 0 saturated carbocycles. The Hall–Kier alpha value is -2.80. The lowest BCUT2D eigenvalue weighted by molar-refractivity contribution is 0.0715. The van der Waals surface area contributed by atoms with Crippen LogP contribution >= 0.6 is 0 Å². The number of carbonyl (C=O) groups excluding carboxylic acids is 1. The van der Waals surface area contributed by atoms with E-state index < -0.39 is 23.8 Å². The highest BCUT2D eigenvalue weighted by atomic mass is 19.1. The summed E-state index contributed by atoms with van der Waals surface area (Å²) in [6.07, 6.45) is 0.970. The average molecular weight is 343 g/mol. The van der Waals surface area contributed by atoms with Gasteiger partial charge in [0.1, 0.15) is 11.6 Å². The first kappa shape index (κ1) is 15.7. The van der Waals surface area contributed by atoms with Crippen LogP contribution < -0.4 is 0 Å². The number of para-hydroxylation sites is 1.